The van der Waals surface area contributed by atoms with Crippen molar-refractivity contribution in [1.29, 1.82) is 0 Å². The molecule has 8 N–H and O–H groups in total. The minimum Gasteiger partial charge on any atom is -0.494 e. The van der Waals surface area contributed by atoms with Crippen LogP contribution >= 0.6 is 0 Å². The molecule has 5 aromatic rings. The van der Waals surface area contributed by atoms with E-state index in [-0.39, 0.29) is 30.4 Å². The average Bonchev–Trinajstić information content (AvgIpc) is 3.65. The molecule has 1 aliphatic rings. The Morgan fingerprint density at radius 1 is 1.02 bits per heavy atom. The van der Waals surface area contributed by atoms with E-state index < -0.39 is 58.7 Å². The molecule has 0 radical (unpaired) electrons. The van der Waals surface area contributed by atoms with Crippen LogP contribution in [0.2, 0.25) is 0 Å². The normalized spacial score (nSPS) is 20.3. The Labute approximate surface area is 235 Å². The highest BCUT2D eigenvalue weighted by Crippen LogP contribution is 2.37. The van der Waals surface area contributed by atoms with Crippen LogP contribution in [0.1, 0.15) is 33.2 Å². The SMILES string of the molecule is Nc1ncnc2c1ncn2[C@@H]1CC(CNC(=O)c2c(F)ccc(F)c2C(=O)Nc2cccc3c(O)[nH]cc23)[C@@H](O)[C@H]1O. The van der Waals surface area contributed by atoms with Gasteiger partial charge in [-0.15, -0.1) is 0 Å². The van der Waals surface area contributed by atoms with E-state index in [1.807, 2.05) is 0 Å². The highest BCUT2D eigenvalue weighted by atomic mass is 19.1. The maximum atomic E-state index is 14.9. The van der Waals surface area contributed by atoms with Crippen LogP contribution in [0.25, 0.3) is 21.9 Å². The fourth-order valence-corrected chi connectivity index (χ4v) is 5.44. The molecule has 216 valence electrons. The number of nitrogens with two attached hydrogens (primary N) is 1. The van der Waals surface area contributed by atoms with Gasteiger partial charge in [0.1, 0.15) is 29.6 Å². The first-order chi connectivity index (χ1) is 20.2. The summed E-state index contributed by atoms with van der Waals surface area (Å²) in [6.07, 6.45) is 1.71. The third-order valence-corrected chi connectivity index (χ3v) is 7.56. The van der Waals surface area contributed by atoms with Crippen LogP contribution in [0.5, 0.6) is 5.88 Å². The number of halogens is 2. The van der Waals surface area contributed by atoms with Crippen molar-refractivity contribution in [3.8, 4) is 5.88 Å². The first-order valence-corrected chi connectivity index (χ1v) is 12.8. The van der Waals surface area contributed by atoms with Crippen molar-refractivity contribution in [3.05, 3.63) is 71.9 Å². The number of aromatic amines is 1. The number of aromatic nitrogens is 5. The molecule has 1 fully saturated rings. The highest BCUT2D eigenvalue weighted by molar-refractivity contribution is 6.15. The number of rotatable bonds is 6. The van der Waals surface area contributed by atoms with Crippen molar-refractivity contribution in [2.75, 3.05) is 17.6 Å². The van der Waals surface area contributed by atoms with Gasteiger partial charge in [0.05, 0.1) is 35.3 Å². The smallest absolute Gasteiger partial charge is 0.259 e. The maximum Gasteiger partial charge on any atom is 0.259 e. The van der Waals surface area contributed by atoms with Crippen LogP contribution < -0.4 is 16.4 Å². The van der Waals surface area contributed by atoms with Crippen molar-refractivity contribution < 1.29 is 33.7 Å². The number of amides is 2. The lowest BCUT2D eigenvalue weighted by Gasteiger charge is -2.18. The Morgan fingerprint density at radius 3 is 2.52 bits per heavy atom. The zero-order valence-corrected chi connectivity index (χ0v) is 21.6. The minimum atomic E-state index is -1.29. The van der Waals surface area contributed by atoms with Gasteiger partial charge in [0.2, 0.25) is 0 Å². The third kappa shape index (κ3) is 4.44. The van der Waals surface area contributed by atoms with Gasteiger partial charge >= 0.3 is 0 Å². The maximum absolute atomic E-state index is 14.9. The molecule has 1 aliphatic carbocycles. The summed E-state index contributed by atoms with van der Waals surface area (Å²) in [6.45, 7) is -0.226. The number of benzene rings is 2. The summed E-state index contributed by atoms with van der Waals surface area (Å²) in [5.74, 6) is -5.13. The van der Waals surface area contributed by atoms with Crippen LogP contribution in [0, 0.1) is 17.6 Å². The molecule has 15 heteroatoms. The summed E-state index contributed by atoms with van der Waals surface area (Å²) in [4.78, 5) is 41.1. The number of hydrogen-bond donors (Lipinski definition) is 7. The van der Waals surface area contributed by atoms with Crippen LogP contribution in [0.3, 0.4) is 0 Å². The average molecular weight is 579 g/mol. The number of carbonyl (C=O) groups is 2. The summed E-state index contributed by atoms with van der Waals surface area (Å²) in [5, 5.41) is 37.1. The minimum absolute atomic E-state index is 0.141. The molecule has 0 aliphatic heterocycles. The van der Waals surface area contributed by atoms with Gasteiger partial charge < -0.3 is 41.2 Å². The lowest BCUT2D eigenvalue weighted by atomic mass is 10.0. The van der Waals surface area contributed by atoms with E-state index in [1.54, 1.807) is 16.7 Å². The van der Waals surface area contributed by atoms with E-state index in [0.717, 1.165) is 12.1 Å². The molecule has 2 aromatic carbocycles. The van der Waals surface area contributed by atoms with Gasteiger partial charge in [-0.3, -0.25) is 9.59 Å². The molecule has 0 saturated heterocycles. The molecule has 3 heterocycles. The Bertz CT molecular complexity index is 1860. The number of imidazole rings is 1. The van der Waals surface area contributed by atoms with E-state index in [1.165, 1.54) is 24.9 Å². The first kappa shape index (κ1) is 27.0. The number of anilines is 2. The fraction of sp³-hybridized carbons (Fsp3) is 0.222. The van der Waals surface area contributed by atoms with Crippen molar-refractivity contribution in [3.63, 3.8) is 0 Å². The Hall–Kier alpha value is -5.15. The number of carbonyl (C=O) groups excluding carboxylic acids is 2. The monoisotopic (exact) mass is 578 g/mol. The van der Waals surface area contributed by atoms with Gasteiger partial charge in [-0.2, -0.15) is 0 Å². The number of H-pyrrole nitrogens is 1. The molecule has 42 heavy (non-hydrogen) atoms. The van der Waals surface area contributed by atoms with Crippen LogP contribution in [0.15, 0.2) is 49.2 Å². The quantitative estimate of drug-likeness (QED) is 0.157. The number of aliphatic hydroxyl groups is 2. The van der Waals surface area contributed by atoms with Gasteiger partial charge in [0, 0.05) is 29.4 Å². The number of nitrogen functional groups attached to an aromatic ring is 1. The zero-order chi connectivity index (χ0) is 29.7. The number of aliphatic hydroxyl groups excluding tert-OH is 2. The number of fused-ring (bicyclic) bond motifs is 2. The molecule has 3 aromatic heterocycles. The standard InChI is InChI=1S/C27H24F2N8O5/c28-14-4-5-15(29)19(27(42)36-16-3-1-2-12-13(16)8-32-25(12)40)18(14)26(41)31-7-11-6-17(22(39)21(11)38)37-10-35-20-23(30)33-9-34-24(20)37/h1-5,8-11,17,21-22,32,38-40H,6-7H2,(H,31,41)(H,36,42)(H2,30,33,34)/t11?,17-,21-,22+/m1/s1. The molecule has 4 atom stereocenters. The summed E-state index contributed by atoms with van der Waals surface area (Å²) in [6, 6.07) is 5.42. The van der Waals surface area contributed by atoms with Crippen molar-refractivity contribution in [2.45, 2.75) is 24.7 Å². The summed E-state index contributed by atoms with van der Waals surface area (Å²) in [5.41, 5.74) is 5.06. The van der Waals surface area contributed by atoms with E-state index in [0.29, 0.717) is 21.9 Å². The van der Waals surface area contributed by atoms with Gasteiger partial charge in [0.25, 0.3) is 11.8 Å². The topological polar surface area (TPSA) is 204 Å². The van der Waals surface area contributed by atoms with Crippen LogP contribution in [0.4, 0.5) is 20.3 Å². The molecule has 2 amide bonds. The molecule has 1 saturated carbocycles. The number of aromatic hydroxyl groups is 1. The Morgan fingerprint density at radius 2 is 1.76 bits per heavy atom. The third-order valence-electron chi connectivity index (χ3n) is 7.56. The summed E-state index contributed by atoms with van der Waals surface area (Å²) < 4.78 is 31.4. The zero-order valence-electron chi connectivity index (χ0n) is 21.6. The predicted molar refractivity (Wildman–Crippen MR) is 146 cm³/mol. The van der Waals surface area contributed by atoms with Gasteiger partial charge in [-0.25, -0.2) is 23.7 Å². The van der Waals surface area contributed by atoms with E-state index in [9.17, 15) is 33.7 Å². The number of hydrogen-bond acceptors (Lipinski definition) is 9. The van der Waals surface area contributed by atoms with E-state index in [4.69, 9.17) is 5.73 Å². The van der Waals surface area contributed by atoms with E-state index in [2.05, 4.69) is 30.6 Å². The molecule has 6 rings (SSSR count). The largest absolute Gasteiger partial charge is 0.494 e. The molecular formula is C27H24F2N8O5. The molecule has 0 bridgehead atoms. The van der Waals surface area contributed by atoms with Crippen molar-refractivity contribution in [2.24, 2.45) is 5.92 Å². The first-order valence-electron chi connectivity index (χ1n) is 12.8. The lowest BCUT2D eigenvalue weighted by Crippen LogP contribution is -2.37. The fourth-order valence-electron chi connectivity index (χ4n) is 5.44. The second-order valence-electron chi connectivity index (χ2n) is 9.97. The van der Waals surface area contributed by atoms with Crippen molar-refractivity contribution >= 4 is 45.3 Å². The number of nitrogens with zero attached hydrogens (tertiary/aromatic N) is 4. The molecule has 0 spiro atoms. The lowest BCUT2D eigenvalue weighted by molar-refractivity contribution is 0.00692. The molecular weight excluding hydrogens is 554 g/mol. The molecule has 1 unspecified atom stereocenters. The Kier molecular flexibility index (Phi) is 6.67. The predicted octanol–water partition coefficient (Wildman–Crippen LogP) is 1.84. The van der Waals surface area contributed by atoms with Gasteiger partial charge in [-0.1, -0.05) is 6.07 Å². The second-order valence-corrected chi connectivity index (χ2v) is 9.97. The summed E-state index contributed by atoms with van der Waals surface area (Å²) >= 11 is 0. The second kappa shape index (κ2) is 10.4. The van der Waals surface area contributed by atoms with Gasteiger partial charge in [-0.05, 0) is 30.7 Å². The van der Waals surface area contributed by atoms with Gasteiger partial charge in [0.15, 0.2) is 17.3 Å². The highest BCUT2D eigenvalue weighted by Gasteiger charge is 2.43. The summed E-state index contributed by atoms with van der Waals surface area (Å²) in [7, 11) is 0. The van der Waals surface area contributed by atoms with Crippen LogP contribution in [-0.4, -0.2) is 70.4 Å². The molecule has 13 nitrogen and oxygen atoms in total. The number of nitrogens with one attached hydrogen (secondary N) is 3. The van der Waals surface area contributed by atoms with Crippen LogP contribution in [-0.2, 0) is 0 Å². The Balaban J connectivity index is 1.21. The van der Waals surface area contributed by atoms with E-state index >= 15 is 0 Å². The van der Waals surface area contributed by atoms with Crippen molar-refractivity contribution in [1.82, 2.24) is 29.8 Å².